The summed E-state index contributed by atoms with van der Waals surface area (Å²) >= 11 is 11.6. The van der Waals surface area contributed by atoms with E-state index < -0.39 is 11.6 Å². The van der Waals surface area contributed by atoms with Gasteiger partial charge >= 0.3 is 0 Å². The molecule has 0 unspecified atom stereocenters. The highest BCUT2D eigenvalue weighted by Gasteiger charge is 2.14. The van der Waals surface area contributed by atoms with Crippen molar-refractivity contribution >= 4 is 29.4 Å². The largest absolute Gasteiger partial charge is 0.411 e. The molecule has 2 rings (SSSR count). The second-order valence-corrected chi connectivity index (χ2v) is 4.40. The van der Waals surface area contributed by atoms with E-state index in [1.165, 1.54) is 6.07 Å². The van der Waals surface area contributed by atoms with Crippen molar-refractivity contribution in [3.63, 3.8) is 0 Å². The fourth-order valence-electron chi connectivity index (χ4n) is 1.52. The SMILES string of the molecule is ON=Cc1cc(-c2ncc(F)cc2Cl)c(F)cc1Cl. The first-order valence-electron chi connectivity index (χ1n) is 5.01. The molecule has 98 valence electrons. The highest BCUT2D eigenvalue weighted by molar-refractivity contribution is 6.34. The van der Waals surface area contributed by atoms with Crippen LogP contribution in [-0.2, 0) is 0 Å². The first-order chi connectivity index (χ1) is 9.02. The lowest BCUT2D eigenvalue weighted by molar-refractivity contribution is 0.322. The molecule has 0 aliphatic heterocycles. The summed E-state index contributed by atoms with van der Waals surface area (Å²) in [6.45, 7) is 0. The van der Waals surface area contributed by atoms with Gasteiger partial charge in [-0.25, -0.2) is 8.78 Å². The van der Waals surface area contributed by atoms with Crippen molar-refractivity contribution in [2.24, 2.45) is 5.16 Å². The lowest BCUT2D eigenvalue weighted by atomic mass is 10.1. The van der Waals surface area contributed by atoms with Crippen LogP contribution in [0.1, 0.15) is 5.56 Å². The molecule has 0 aliphatic rings. The minimum Gasteiger partial charge on any atom is -0.411 e. The third-order valence-electron chi connectivity index (χ3n) is 2.35. The van der Waals surface area contributed by atoms with E-state index in [1.807, 2.05) is 0 Å². The molecule has 0 radical (unpaired) electrons. The molecule has 19 heavy (non-hydrogen) atoms. The van der Waals surface area contributed by atoms with E-state index in [0.29, 0.717) is 0 Å². The van der Waals surface area contributed by atoms with Gasteiger partial charge < -0.3 is 5.21 Å². The number of halogens is 4. The Labute approximate surface area is 117 Å². The van der Waals surface area contributed by atoms with Crippen molar-refractivity contribution in [1.29, 1.82) is 0 Å². The van der Waals surface area contributed by atoms with E-state index in [4.69, 9.17) is 28.4 Å². The number of rotatable bonds is 2. The lowest BCUT2D eigenvalue weighted by Crippen LogP contribution is -1.94. The van der Waals surface area contributed by atoms with E-state index in [1.54, 1.807) is 0 Å². The van der Waals surface area contributed by atoms with E-state index in [-0.39, 0.29) is 26.9 Å². The Hall–Kier alpha value is -1.72. The summed E-state index contributed by atoms with van der Waals surface area (Å²) < 4.78 is 26.8. The van der Waals surface area contributed by atoms with Gasteiger partial charge in [-0.15, -0.1) is 0 Å². The molecule has 1 aromatic heterocycles. The highest BCUT2D eigenvalue weighted by atomic mass is 35.5. The third kappa shape index (κ3) is 2.83. The van der Waals surface area contributed by atoms with Gasteiger partial charge in [-0.05, 0) is 18.2 Å². The van der Waals surface area contributed by atoms with Crippen LogP contribution in [0.25, 0.3) is 11.3 Å². The summed E-state index contributed by atoms with van der Waals surface area (Å²) in [4.78, 5) is 3.74. The minimum atomic E-state index is -0.666. The third-order valence-corrected chi connectivity index (χ3v) is 2.96. The van der Waals surface area contributed by atoms with E-state index in [2.05, 4.69) is 10.1 Å². The molecule has 0 spiro atoms. The van der Waals surface area contributed by atoms with Crippen LogP contribution in [-0.4, -0.2) is 16.4 Å². The Kier molecular flexibility index (Phi) is 3.97. The standard InChI is InChI=1S/C12H6Cl2F2N2O/c13-9-3-11(16)8(1-6(9)4-18-19)12-10(14)2-7(15)5-17-12/h1-5,19H. The zero-order chi connectivity index (χ0) is 14.0. The quantitative estimate of drug-likeness (QED) is 0.515. The molecule has 0 amide bonds. The smallest absolute Gasteiger partial charge is 0.143 e. The number of nitrogens with zero attached hydrogens (tertiary/aromatic N) is 2. The number of hydrogen-bond acceptors (Lipinski definition) is 3. The number of hydrogen-bond donors (Lipinski definition) is 1. The van der Waals surface area contributed by atoms with Gasteiger partial charge in [-0.2, -0.15) is 0 Å². The van der Waals surface area contributed by atoms with Gasteiger partial charge in [0.05, 0.1) is 28.2 Å². The Bertz CT molecular complexity index is 662. The van der Waals surface area contributed by atoms with Crippen molar-refractivity contribution in [2.75, 3.05) is 0 Å². The maximum absolute atomic E-state index is 13.9. The molecule has 0 fully saturated rings. The molecule has 3 nitrogen and oxygen atoms in total. The van der Waals surface area contributed by atoms with Crippen LogP contribution < -0.4 is 0 Å². The molecule has 2 aromatic rings. The van der Waals surface area contributed by atoms with E-state index in [9.17, 15) is 8.78 Å². The monoisotopic (exact) mass is 302 g/mol. The van der Waals surface area contributed by atoms with Crippen molar-refractivity contribution < 1.29 is 14.0 Å². The molecule has 0 bridgehead atoms. The first-order valence-corrected chi connectivity index (χ1v) is 5.76. The van der Waals surface area contributed by atoms with E-state index in [0.717, 1.165) is 24.5 Å². The Balaban J connectivity index is 2.64. The van der Waals surface area contributed by atoms with Gasteiger partial charge in [-0.3, -0.25) is 4.98 Å². The normalized spacial score (nSPS) is 11.2. The van der Waals surface area contributed by atoms with Gasteiger partial charge in [0.1, 0.15) is 11.6 Å². The summed E-state index contributed by atoms with van der Waals surface area (Å²) in [6.07, 6.45) is 1.97. The molecular weight excluding hydrogens is 297 g/mol. The summed E-state index contributed by atoms with van der Waals surface area (Å²) in [5, 5.41) is 11.3. The second-order valence-electron chi connectivity index (χ2n) is 3.58. The van der Waals surface area contributed by atoms with Gasteiger partial charge in [-0.1, -0.05) is 28.4 Å². The van der Waals surface area contributed by atoms with Crippen LogP contribution in [0, 0.1) is 11.6 Å². The molecular formula is C12H6Cl2F2N2O. The molecule has 1 heterocycles. The van der Waals surface area contributed by atoms with Gasteiger partial charge in [0.15, 0.2) is 0 Å². The molecule has 1 aromatic carbocycles. The molecule has 0 aliphatic carbocycles. The fraction of sp³-hybridized carbons (Fsp3) is 0. The Morgan fingerprint density at radius 3 is 2.53 bits per heavy atom. The van der Waals surface area contributed by atoms with Crippen molar-refractivity contribution in [3.05, 3.63) is 51.6 Å². The second kappa shape index (κ2) is 5.50. The predicted molar refractivity (Wildman–Crippen MR) is 69.0 cm³/mol. The maximum Gasteiger partial charge on any atom is 0.143 e. The van der Waals surface area contributed by atoms with Crippen molar-refractivity contribution in [2.45, 2.75) is 0 Å². The molecule has 0 saturated heterocycles. The van der Waals surface area contributed by atoms with Crippen LogP contribution in [0.4, 0.5) is 8.78 Å². The lowest BCUT2D eigenvalue weighted by Gasteiger charge is -2.07. The minimum absolute atomic E-state index is 0.0318. The highest BCUT2D eigenvalue weighted by Crippen LogP contribution is 2.31. The van der Waals surface area contributed by atoms with Crippen LogP contribution >= 0.6 is 23.2 Å². The number of pyridine rings is 1. The average molecular weight is 303 g/mol. The summed E-state index contributed by atoms with van der Waals surface area (Å²) in [6, 6.07) is 3.37. The van der Waals surface area contributed by atoms with Crippen LogP contribution in [0.2, 0.25) is 10.0 Å². The zero-order valence-electron chi connectivity index (χ0n) is 9.24. The van der Waals surface area contributed by atoms with E-state index >= 15 is 0 Å². The number of aromatic nitrogens is 1. The number of benzene rings is 1. The van der Waals surface area contributed by atoms with Crippen molar-refractivity contribution in [1.82, 2.24) is 4.98 Å². The zero-order valence-corrected chi connectivity index (χ0v) is 10.8. The Morgan fingerprint density at radius 2 is 1.89 bits per heavy atom. The maximum atomic E-state index is 13.9. The first kappa shape index (κ1) is 13.7. The molecule has 7 heteroatoms. The summed E-state index contributed by atoms with van der Waals surface area (Å²) in [5.74, 6) is -1.29. The molecule has 0 saturated carbocycles. The average Bonchev–Trinajstić information content (AvgIpc) is 2.34. The van der Waals surface area contributed by atoms with Gasteiger partial charge in [0.2, 0.25) is 0 Å². The van der Waals surface area contributed by atoms with Crippen molar-refractivity contribution in [3.8, 4) is 11.3 Å². The molecule has 1 N–H and O–H groups in total. The summed E-state index contributed by atoms with van der Waals surface area (Å²) in [7, 11) is 0. The van der Waals surface area contributed by atoms with Crippen LogP contribution in [0.3, 0.4) is 0 Å². The van der Waals surface area contributed by atoms with Crippen LogP contribution in [0.5, 0.6) is 0 Å². The topological polar surface area (TPSA) is 45.5 Å². The van der Waals surface area contributed by atoms with Gasteiger partial charge in [0, 0.05) is 11.1 Å². The Morgan fingerprint density at radius 1 is 1.16 bits per heavy atom. The predicted octanol–water partition coefficient (Wildman–Crippen LogP) is 4.14. The summed E-state index contributed by atoms with van der Waals surface area (Å²) in [5.41, 5.74) is 0.386. The van der Waals surface area contributed by atoms with Gasteiger partial charge in [0.25, 0.3) is 0 Å². The molecule has 0 atom stereocenters. The van der Waals surface area contributed by atoms with Crippen LogP contribution in [0.15, 0.2) is 29.6 Å². The fourth-order valence-corrected chi connectivity index (χ4v) is 1.98. The number of oxime groups is 1.